The predicted molar refractivity (Wildman–Crippen MR) is 93.4 cm³/mol. The van der Waals surface area contributed by atoms with Gasteiger partial charge in [0.05, 0.1) is 19.2 Å². The highest BCUT2D eigenvalue weighted by Gasteiger charge is 2.20. The Morgan fingerprint density at radius 3 is 2.46 bits per heavy atom. The van der Waals surface area contributed by atoms with Gasteiger partial charge >= 0.3 is 6.61 Å². The maximum absolute atomic E-state index is 12.6. The van der Waals surface area contributed by atoms with Crippen molar-refractivity contribution in [3.63, 3.8) is 0 Å². The van der Waals surface area contributed by atoms with Crippen molar-refractivity contribution in [3.8, 4) is 17.2 Å². The van der Waals surface area contributed by atoms with Crippen LogP contribution in [0, 0.1) is 13.8 Å². The molecule has 7 heteroatoms. The summed E-state index contributed by atoms with van der Waals surface area (Å²) in [5.41, 5.74) is 2.12. The molecule has 140 valence electrons. The third-order valence-corrected chi connectivity index (χ3v) is 3.50. The van der Waals surface area contributed by atoms with Gasteiger partial charge in [-0.3, -0.25) is 4.79 Å². The Bertz CT molecular complexity index is 745. The fraction of sp³-hybridized carbons (Fsp3) is 0.316. The van der Waals surface area contributed by atoms with Crippen molar-refractivity contribution in [2.45, 2.75) is 20.5 Å². The van der Waals surface area contributed by atoms with Crippen LogP contribution in [0.4, 0.5) is 8.78 Å². The second kappa shape index (κ2) is 9.03. The molecule has 0 aromatic heterocycles. The number of carbonyl (C=O) groups is 1. The van der Waals surface area contributed by atoms with E-state index >= 15 is 0 Å². The average molecular weight is 365 g/mol. The van der Waals surface area contributed by atoms with E-state index in [0.29, 0.717) is 5.75 Å². The van der Waals surface area contributed by atoms with E-state index < -0.39 is 12.5 Å². The molecule has 0 radical (unpaired) electrons. The molecular weight excluding hydrogens is 344 g/mol. The van der Waals surface area contributed by atoms with Crippen molar-refractivity contribution < 1.29 is 27.8 Å². The summed E-state index contributed by atoms with van der Waals surface area (Å²) >= 11 is 0. The number of ether oxygens (including phenoxy) is 3. The van der Waals surface area contributed by atoms with E-state index in [2.05, 4.69) is 10.1 Å². The smallest absolute Gasteiger partial charge is 0.387 e. The molecule has 1 amide bonds. The zero-order valence-corrected chi connectivity index (χ0v) is 14.8. The Morgan fingerprint density at radius 1 is 1.15 bits per heavy atom. The van der Waals surface area contributed by atoms with Gasteiger partial charge in [-0.25, -0.2) is 0 Å². The van der Waals surface area contributed by atoms with Crippen LogP contribution in [0.5, 0.6) is 17.2 Å². The molecule has 0 fully saturated rings. The van der Waals surface area contributed by atoms with Crippen LogP contribution >= 0.6 is 0 Å². The monoisotopic (exact) mass is 365 g/mol. The highest BCUT2D eigenvalue weighted by Crippen LogP contribution is 2.32. The summed E-state index contributed by atoms with van der Waals surface area (Å²) in [5.74, 6) is -0.0782. The number of para-hydroxylation sites is 1. The van der Waals surface area contributed by atoms with Crippen LogP contribution < -0.4 is 19.5 Å². The highest BCUT2D eigenvalue weighted by atomic mass is 19.3. The minimum atomic E-state index is -3.06. The number of aryl methyl sites for hydroxylation is 2. The zero-order valence-electron chi connectivity index (χ0n) is 14.8. The van der Waals surface area contributed by atoms with E-state index in [1.165, 1.54) is 25.3 Å². The van der Waals surface area contributed by atoms with Crippen LogP contribution in [0.15, 0.2) is 36.4 Å². The molecule has 0 heterocycles. The molecule has 0 bridgehead atoms. The van der Waals surface area contributed by atoms with Crippen molar-refractivity contribution in [1.29, 1.82) is 0 Å². The van der Waals surface area contributed by atoms with Gasteiger partial charge < -0.3 is 19.5 Å². The lowest BCUT2D eigenvalue weighted by Crippen LogP contribution is -2.28. The van der Waals surface area contributed by atoms with Crippen molar-refractivity contribution in [2.75, 3.05) is 20.3 Å². The predicted octanol–water partition coefficient (Wildman–Crippen LogP) is 3.72. The largest absolute Gasteiger partial charge is 0.493 e. The zero-order chi connectivity index (χ0) is 19.1. The average Bonchev–Trinajstić information content (AvgIpc) is 2.57. The molecule has 0 saturated carbocycles. The lowest BCUT2D eigenvalue weighted by Gasteiger charge is -2.14. The number of nitrogens with one attached hydrogen (secondary N) is 1. The van der Waals surface area contributed by atoms with Crippen molar-refractivity contribution >= 4 is 5.91 Å². The normalized spacial score (nSPS) is 10.5. The van der Waals surface area contributed by atoms with Gasteiger partial charge in [0.2, 0.25) is 0 Å². The van der Waals surface area contributed by atoms with E-state index in [4.69, 9.17) is 9.47 Å². The number of methoxy groups -OCH3 is 1. The van der Waals surface area contributed by atoms with Crippen LogP contribution in [0.2, 0.25) is 0 Å². The minimum absolute atomic E-state index is 0.0314. The fourth-order valence-electron chi connectivity index (χ4n) is 2.51. The van der Waals surface area contributed by atoms with Crippen molar-refractivity contribution in [2.24, 2.45) is 0 Å². The Labute approximate surface area is 150 Å². The number of carbonyl (C=O) groups excluding carboxylic acids is 1. The van der Waals surface area contributed by atoms with Gasteiger partial charge in [0.15, 0.2) is 11.5 Å². The Balaban J connectivity index is 1.97. The first-order valence-corrected chi connectivity index (χ1v) is 8.02. The molecule has 2 rings (SSSR count). The van der Waals surface area contributed by atoms with Gasteiger partial charge in [0, 0.05) is 0 Å². The lowest BCUT2D eigenvalue weighted by molar-refractivity contribution is -0.0515. The van der Waals surface area contributed by atoms with E-state index in [1.54, 1.807) is 0 Å². The second-order valence-electron chi connectivity index (χ2n) is 5.64. The molecular formula is C19H21F2NO4. The highest BCUT2D eigenvalue weighted by molar-refractivity contribution is 5.97. The Hall–Kier alpha value is -2.83. The van der Waals surface area contributed by atoms with Gasteiger partial charge in [-0.05, 0) is 49.2 Å². The number of rotatable bonds is 8. The Kier molecular flexibility index (Phi) is 6.77. The van der Waals surface area contributed by atoms with Crippen molar-refractivity contribution in [3.05, 3.63) is 53.1 Å². The van der Waals surface area contributed by atoms with Gasteiger partial charge in [-0.15, -0.1) is 0 Å². The molecule has 2 aromatic carbocycles. The van der Waals surface area contributed by atoms with Crippen LogP contribution in [0.1, 0.15) is 21.5 Å². The third kappa shape index (κ3) is 5.34. The number of benzene rings is 2. The van der Waals surface area contributed by atoms with E-state index in [1.807, 2.05) is 32.0 Å². The van der Waals surface area contributed by atoms with E-state index in [9.17, 15) is 13.6 Å². The molecule has 2 aromatic rings. The quantitative estimate of drug-likeness (QED) is 0.725. The SMILES string of the molecule is COc1cccc(C(=O)NCCOc2cc(C)cc(C)c2)c1OC(F)F. The van der Waals surface area contributed by atoms with E-state index in [0.717, 1.165) is 11.1 Å². The maximum Gasteiger partial charge on any atom is 0.387 e. The van der Waals surface area contributed by atoms with Gasteiger partial charge in [0.1, 0.15) is 12.4 Å². The van der Waals surface area contributed by atoms with Crippen LogP contribution in [-0.2, 0) is 0 Å². The summed E-state index contributed by atoms with van der Waals surface area (Å²) in [6.07, 6.45) is 0. The summed E-state index contributed by atoms with van der Waals surface area (Å²) in [5, 5.41) is 2.62. The summed E-state index contributed by atoms with van der Waals surface area (Å²) in [7, 11) is 1.31. The second-order valence-corrected chi connectivity index (χ2v) is 5.64. The molecule has 0 unspecified atom stereocenters. The van der Waals surface area contributed by atoms with Gasteiger partial charge in [-0.2, -0.15) is 8.78 Å². The van der Waals surface area contributed by atoms with Crippen LogP contribution in [0.3, 0.4) is 0 Å². The van der Waals surface area contributed by atoms with Crippen molar-refractivity contribution in [1.82, 2.24) is 5.32 Å². The topological polar surface area (TPSA) is 56.8 Å². The summed E-state index contributed by atoms with van der Waals surface area (Å²) in [6.45, 7) is 1.32. The maximum atomic E-state index is 12.6. The van der Waals surface area contributed by atoms with Crippen LogP contribution in [-0.4, -0.2) is 32.8 Å². The molecule has 0 atom stereocenters. The summed E-state index contributed by atoms with van der Waals surface area (Å²) in [4.78, 5) is 12.3. The number of hydrogen-bond donors (Lipinski definition) is 1. The fourth-order valence-corrected chi connectivity index (χ4v) is 2.51. The summed E-state index contributed by atoms with van der Waals surface area (Å²) in [6, 6.07) is 10.2. The lowest BCUT2D eigenvalue weighted by atomic mass is 10.1. The number of alkyl halides is 2. The molecule has 26 heavy (non-hydrogen) atoms. The standard InChI is InChI=1S/C19H21F2NO4/c1-12-9-13(2)11-14(10-12)25-8-7-22-18(23)15-5-4-6-16(24-3)17(15)26-19(20)21/h4-6,9-11,19H,7-8H2,1-3H3,(H,22,23). The molecule has 0 saturated heterocycles. The first-order chi connectivity index (χ1) is 12.4. The Morgan fingerprint density at radius 2 is 1.85 bits per heavy atom. The van der Waals surface area contributed by atoms with Gasteiger partial charge in [0.25, 0.3) is 5.91 Å². The summed E-state index contributed by atoms with van der Waals surface area (Å²) < 4.78 is 40.2. The van der Waals surface area contributed by atoms with Gasteiger partial charge in [-0.1, -0.05) is 12.1 Å². The number of amides is 1. The number of hydrogen-bond acceptors (Lipinski definition) is 4. The van der Waals surface area contributed by atoms with E-state index in [-0.39, 0.29) is 30.2 Å². The molecule has 1 N–H and O–H groups in total. The minimum Gasteiger partial charge on any atom is -0.493 e. The molecule has 0 aliphatic carbocycles. The molecule has 0 aliphatic rings. The molecule has 0 aliphatic heterocycles. The molecule has 0 spiro atoms. The number of halogens is 2. The first kappa shape index (κ1) is 19.5. The van der Waals surface area contributed by atoms with Crippen LogP contribution in [0.25, 0.3) is 0 Å². The molecule has 5 nitrogen and oxygen atoms in total. The first-order valence-electron chi connectivity index (χ1n) is 8.02. The third-order valence-electron chi connectivity index (χ3n) is 3.50.